The van der Waals surface area contributed by atoms with Crippen LogP contribution in [0.3, 0.4) is 0 Å². The van der Waals surface area contributed by atoms with E-state index in [0.29, 0.717) is 0 Å². The van der Waals surface area contributed by atoms with Gasteiger partial charge in [-0.1, -0.05) is 11.6 Å². The predicted molar refractivity (Wildman–Crippen MR) is 44.9 cm³/mol. The average Bonchev–Trinajstić information content (AvgIpc) is 2.35. The fourth-order valence-corrected chi connectivity index (χ4v) is 1.33. The Bertz CT molecular complexity index is 392. The third-order valence-corrected chi connectivity index (χ3v) is 2.02. The number of hydrogen-bond acceptors (Lipinski definition) is 1. The van der Waals surface area contributed by atoms with Gasteiger partial charge in [-0.3, -0.25) is 0 Å². The topological polar surface area (TPSA) is 17.3 Å². The molecule has 0 spiro atoms. The van der Waals surface area contributed by atoms with E-state index in [1.165, 1.54) is 0 Å². The minimum Gasteiger partial charge on any atom is -0.303 e. The normalized spacial score (nSPS) is 10.7. The van der Waals surface area contributed by atoms with Crippen LogP contribution in [0.1, 0.15) is 5.82 Å². The van der Waals surface area contributed by atoms with Crippen LogP contribution >= 0.6 is 11.6 Å². The summed E-state index contributed by atoms with van der Waals surface area (Å²) in [6.07, 6.45) is 3.72. The van der Waals surface area contributed by atoms with E-state index in [-0.39, 0.29) is 0 Å². The first kappa shape index (κ1) is 6.68. The third-order valence-electron chi connectivity index (χ3n) is 1.70. The molecule has 0 fully saturated rings. The lowest BCUT2D eigenvalue weighted by Gasteiger charge is -1.95. The standard InChI is InChI=1S/C8H7ClN2/c1-6-10-5-8-7(9)3-2-4-11(6)8/h2-5H,1H3. The van der Waals surface area contributed by atoms with Gasteiger partial charge in [0.05, 0.1) is 16.7 Å². The van der Waals surface area contributed by atoms with E-state index in [1.54, 1.807) is 6.20 Å². The molecule has 0 bridgehead atoms. The number of halogens is 1. The predicted octanol–water partition coefficient (Wildman–Crippen LogP) is 2.30. The van der Waals surface area contributed by atoms with Crippen molar-refractivity contribution in [2.45, 2.75) is 6.92 Å². The van der Waals surface area contributed by atoms with Crippen LogP contribution in [0.4, 0.5) is 0 Å². The quantitative estimate of drug-likeness (QED) is 0.587. The maximum atomic E-state index is 5.91. The zero-order valence-corrected chi connectivity index (χ0v) is 6.84. The van der Waals surface area contributed by atoms with Crippen LogP contribution in [0.2, 0.25) is 5.02 Å². The molecule has 0 aliphatic rings. The SMILES string of the molecule is Cc1ncc2c(Cl)cccn12. The maximum absolute atomic E-state index is 5.91. The van der Waals surface area contributed by atoms with Crippen LogP contribution < -0.4 is 0 Å². The molecule has 0 atom stereocenters. The Kier molecular flexibility index (Phi) is 1.36. The first-order valence-electron chi connectivity index (χ1n) is 3.37. The highest BCUT2D eigenvalue weighted by Gasteiger charge is 1.99. The lowest BCUT2D eigenvalue weighted by molar-refractivity contribution is 1.04. The van der Waals surface area contributed by atoms with Crippen molar-refractivity contribution in [3.8, 4) is 0 Å². The summed E-state index contributed by atoms with van der Waals surface area (Å²) in [7, 11) is 0. The maximum Gasteiger partial charge on any atom is 0.110 e. The molecule has 0 aromatic carbocycles. The highest BCUT2D eigenvalue weighted by Crippen LogP contribution is 2.16. The molecule has 0 amide bonds. The molecule has 0 N–H and O–H groups in total. The van der Waals surface area contributed by atoms with E-state index in [9.17, 15) is 0 Å². The summed E-state index contributed by atoms with van der Waals surface area (Å²) in [5.74, 6) is 0.961. The Labute approximate surface area is 69.4 Å². The molecule has 56 valence electrons. The molecule has 0 saturated heterocycles. The van der Waals surface area contributed by atoms with Crippen molar-refractivity contribution < 1.29 is 0 Å². The van der Waals surface area contributed by atoms with Gasteiger partial charge in [0.25, 0.3) is 0 Å². The highest BCUT2D eigenvalue weighted by atomic mass is 35.5. The van der Waals surface area contributed by atoms with Gasteiger partial charge in [0.2, 0.25) is 0 Å². The Morgan fingerprint density at radius 3 is 3.09 bits per heavy atom. The van der Waals surface area contributed by atoms with Crippen molar-refractivity contribution >= 4 is 17.1 Å². The molecular formula is C8H7ClN2. The van der Waals surface area contributed by atoms with Gasteiger partial charge in [0, 0.05) is 6.20 Å². The second kappa shape index (κ2) is 2.24. The van der Waals surface area contributed by atoms with Gasteiger partial charge >= 0.3 is 0 Å². The van der Waals surface area contributed by atoms with Crippen molar-refractivity contribution in [3.63, 3.8) is 0 Å². The van der Waals surface area contributed by atoms with Gasteiger partial charge in [-0.25, -0.2) is 4.98 Å². The lowest BCUT2D eigenvalue weighted by atomic mass is 10.4. The van der Waals surface area contributed by atoms with Crippen LogP contribution in [-0.4, -0.2) is 9.38 Å². The van der Waals surface area contributed by atoms with Gasteiger partial charge in [-0.15, -0.1) is 0 Å². The lowest BCUT2D eigenvalue weighted by Crippen LogP contribution is -1.85. The number of imidazole rings is 1. The van der Waals surface area contributed by atoms with Crippen LogP contribution in [0.25, 0.3) is 5.52 Å². The van der Waals surface area contributed by atoms with Crippen LogP contribution in [0, 0.1) is 6.92 Å². The molecule has 2 heterocycles. The Hall–Kier alpha value is -1.02. The van der Waals surface area contributed by atoms with Gasteiger partial charge in [0.1, 0.15) is 5.82 Å². The molecule has 11 heavy (non-hydrogen) atoms. The van der Waals surface area contributed by atoms with E-state index in [0.717, 1.165) is 16.4 Å². The Morgan fingerprint density at radius 2 is 2.36 bits per heavy atom. The van der Waals surface area contributed by atoms with Gasteiger partial charge in [-0.05, 0) is 19.1 Å². The molecule has 0 aliphatic carbocycles. The Morgan fingerprint density at radius 1 is 1.55 bits per heavy atom. The second-order valence-electron chi connectivity index (χ2n) is 2.42. The van der Waals surface area contributed by atoms with Crippen molar-refractivity contribution in [3.05, 3.63) is 35.4 Å². The van der Waals surface area contributed by atoms with Crippen molar-refractivity contribution in [2.75, 3.05) is 0 Å². The molecule has 0 aliphatic heterocycles. The van der Waals surface area contributed by atoms with Crippen LogP contribution in [0.15, 0.2) is 24.5 Å². The third kappa shape index (κ3) is 0.906. The molecule has 0 radical (unpaired) electrons. The zero-order valence-electron chi connectivity index (χ0n) is 6.08. The average molecular weight is 167 g/mol. The minimum atomic E-state index is 0.744. The largest absolute Gasteiger partial charge is 0.303 e. The van der Waals surface area contributed by atoms with Crippen LogP contribution in [-0.2, 0) is 0 Å². The summed E-state index contributed by atoms with van der Waals surface area (Å²) < 4.78 is 1.96. The van der Waals surface area contributed by atoms with E-state index in [4.69, 9.17) is 11.6 Å². The number of aryl methyl sites for hydroxylation is 1. The summed E-state index contributed by atoms with van der Waals surface area (Å²) >= 11 is 5.91. The summed E-state index contributed by atoms with van der Waals surface area (Å²) in [6.45, 7) is 1.95. The first-order chi connectivity index (χ1) is 5.29. The van der Waals surface area contributed by atoms with E-state index < -0.39 is 0 Å². The highest BCUT2D eigenvalue weighted by molar-refractivity contribution is 6.33. The monoisotopic (exact) mass is 166 g/mol. The number of aromatic nitrogens is 2. The molecule has 2 rings (SSSR count). The molecular weight excluding hydrogens is 160 g/mol. The summed E-state index contributed by atoms with van der Waals surface area (Å²) in [5, 5.41) is 0.744. The Balaban J connectivity index is 2.94. The number of rotatable bonds is 0. The van der Waals surface area contributed by atoms with E-state index >= 15 is 0 Å². The van der Waals surface area contributed by atoms with Crippen molar-refractivity contribution in [1.29, 1.82) is 0 Å². The smallest absolute Gasteiger partial charge is 0.110 e. The van der Waals surface area contributed by atoms with Crippen molar-refractivity contribution in [2.24, 2.45) is 0 Å². The zero-order chi connectivity index (χ0) is 7.84. The molecule has 2 aromatic rings. The van der Waals surface area contributed by atoms with Crippen molar-refractivity contribution in [1.82, 2.24) is 9.38 Å². The summed E-state index contributed by atoms with van der Waals surface area (Å²) in [4.78, 5) is 4.14. The van der Waals surface area contributed by atoms with Crippen LogP contribution in [0.5, 0.6) is 0 Å². The van der Waals surface area contributed by atoms with Gasteiger partial charge in [0.15, 0.2) is 0 Å². The number of pyridine rings is 1. The minimum absolute atomic E-state index is 0.744. The number of nitrogens with zero attached hydrogens (tertiary/aromatic N) is 2. The number of hydrogen-bond donors (Lipinski definition) is 0. The van der Waals surface area contributed by atoms with E-state index in [2.05, 4.69) is 4.98 Å². The van der Waals surface area contributed by atoms with Gasteiger partial charge < -0.3 is 4.40 Å². The van der Waals surface area contributed by atoms with Gasteiger partial charge in [-0.2, -0.15) is 0 Å². The first-order valence-corrected chi connectivity index (χ1v) is 3.75. The number of fused-ring (bicyclic) bond motifs is 1. The summed E-state index contributed by atoms with van der Waals surface area (Å²) in [5.41, 5.74) is 0.965. The molecule has 2 aromatic heterocycles. The van der Waals surface area contributed by atoms with E-state index in [1.807, 2.05) is 29.7 Å². The molecule has 3 heteroatoms. The molecule has 0 saturated carbocycles. The molecule has 0 unspecified atom stereocenters. The summed E-state index contributed by atoms with van der Waals surface area (Å²) in [6, 6.07) is 3.77. The fraction of sp³-hybridized carbons (Fsp3) is 0.125. The molecule has 2 nitrogen and oxygen atoms in total. The fourth-order valence-electron chi connectivity index (χ4n) is 1.12. The second-order valence-corrected chi connectivity index (χ2v) is 2.82.